The predicted octanol–water partition coefficient (Wildman–Crippen LogP) is 3.21. The molecule has 0 radical (unpaired) electrons. The van der Waals surface area contributed by atoms with Crippen molar-refractivity contribution in [3.8, 4) is 0 Å². The quantitative estimate of drug-likeness (QED) is 0.610. The Hall–Kier alpha value is 0.250. The summed E-state index contributed by atoms with van der Waals surface area (Å²) in [5.41, 5.74) is 1.31. The summed E-state index contributed by atoms with van der Waals surface area (Å²) < 4.78 is 5.51. The molecular formula is C12H19ClO. The van der Waals surface area contributed by atoms with Gasteiger partial charge in [-0.25, -0.2) is 0 Å². The van der Waals surface area contributed by atoms with Crippen LogP contribution in [0, 0.1) is 16.7 Å². The molecule has 0 N–H and O–H groups in total. The predicted molar refractivity (Wildman–Crippen MR) is 57.6 cm³/mol. The number of hydrogen-bond acceptors (Lipinski definition) is 1. The second kappa shape index (κ2) is 3.12. The molecule has 1 aliphatic heterocycles. The lowest BCUT2D eigenvalue weighted by Gasteiger charge is -2.40. The molecule has 2 atom stereocenters. The second-order valence-corrected chi connectivity index (χ2v) is 5.77. The fourth-order valence-electron chi connectivity index (χ4n) is 4.31. The molecule has 2 spiro atoms. The third-order valence-corrected chi connectivity index (χ3v) is 5.58. The van der Waals surface area contributed by atoms with Crippen molar-refractivity contribution in [1.29, 1.82) is 0 Å². The summed E-state index contributed by atoms with van der Waals surface area (Å²) in [5.74, 6) is 1.73. The Labute approximate surface area is 91.2 Å². The van der Waals surface area contributed by atoms with Gasteiger partial charge in [-0.2, -0.15) is 0 Å². The van der Waals surface area contributed by atoms with Crippen molar-refractivity contribution in [3.05, 3.63) is 0 Å². The van der Waals surface area contributed by atoms with E-state index in [0.717, 1.165) is 25.0 Å². The van der Waals surface area contributed by atoms with Crippen molar-refractivity contribution in [2.45, 2.75) is 38.5 Å². The van der Waals surface area contributed by atoms with Crippen LogP contribution in [-0.2, 0) is 4.74 Å². The van der Waals surface area contributed by atoms with Gasteiger partial charge in [0.2, 0.25) is 0 Å². The maximum absolute atomic E-state index is 6.04. The molecule has 0 amide bonds. The molecule has 3 aliphatic rings. The summed E-state index contributed by atoms with van der Waals surface area (Å²) >= 11 is 6.04. The Balaban J connectivity index is 1.84. The minimum absolute atomic E-state index is 0.644. The highest BCUT2D eigenvalue weighted by Gasteiger charge is 2.67. The Kier molecular flexibility index (Phi) is 2.11. The Morgan fingerprint density at radius 3 is 2.57 bits per heavy atom. The molecule has 80 valence electrons. The van der Waals surface area contributed by atoms with Crippen LogP contribution in [0.3, 0.4) is 0 Å². The summed E-state index contributed by atoms with van der Waals surface area (Å²) in [7, 11) is 0. The summed E-state index contributed by atoms with van der Waals surface area (Å²) in [6.07, 6.45) is 8.36. The molecule has 1 nitrogen and oxygen atoms in total. The molecule has 1 saturated heterocycles. The van der Waals surface area contributed by atoms with E-state index in [1.165, 1.54) is 38.5 Å². The number of alkyl halides is 1. The monoisotopic (exact) mass is 214 g/mol. The van der Waals surface area contributed by atoms with Gasteiger partial charge in [0, 0.05) is 19.1 Å². The molecule has 14 heavy (non-hydrogen) atoms. The van der Waals surface area contributed by atoms with E-state index in [1.54, 1.807) is 0 Å². The average molecular weight is 215 g/mol. The van der Waals surface area contributed by atoms with Crippen LogP contribution in [0.4, 0.5) is 0 Å². The van der Waals surface area contributed by atoms with Crippen LogP contribution >= 0.6 is 11.6 Å². The molecule has 2 saturated carbocycles. The lowest BCUT2D eigenvalue weighted by Crippen LogP contribution is -2.35. The fourth-order valence-corrected chi connectivity index (χ4v) is 4.71. The van der Waals surface area contributed by atoms with Crippen molar-refractivity contribution in [3.63, 3.8) is 0 Å². The van der Waals surface area contributed by atoms with Crippen molar-refractivity contribution in [2.75, 3.05) is 19.1 Å². The second-order valence-electron chi connectivity index (χ2n) is 5.46. The highest BCUT2D eigenvalue weighted by Crippen LogP contribution is 2.74. The Morgan fingerprint density at radius 1 is 1.14 bits per heavy atom. The highest BCUT2D eigenvalue weighted by atomic mass is 35.5. The van der Waals surface area contributed by atoms with Crippen molar-refractivity contribution >= 4 is 11.6 Å². The van der Waals surface area contributed by atoms with E-state index in [1.807, 2.05) is 0 Å². The molecule has 1 heterocycles. The average Bonchev–Trinajstić information content (AvgIpc) is 2.85. The van der Waals surface area contributed by atoms with E-state index in [4.69, 9.17) is 16.3 Å². The third kappa shape index (κ3) is 1.06. The summed E-state index contributed by atoms with van der Waals surface area (Å²) in [4.78, 5) is 0. The maximum Gasteiger partial charge on any atom is 0.0471 e. The number of hydrogen-bond donors (Lipinski definition) is 0. The molecule has 2 aliphatic carbocycles. The topological polar surface area (TPSA) is 9.23 Å². The van der Waals surface area contributed by atoms with Crippen molar-refractivity contribution in [1.82, 2.24) is 0 Å². The number of fused-ring (bicyclic) bond motifs is 1. The molecule has 0 bridgehead atoms. The standard InChI is InChI=1S/C12H19ClO/c13-9-10-8-12(10)3-1-2-11(12)4-6-14-7-5-11/h10H,1-9H2. The van der Waals surface area contributed by atoms with Crippen LogP contribution in [0.5, 0.6) is 0 Å². The zero-order valence-corrected chi connectivity index (χ0v) is 9.48. The largest absolute Gasteiger partial charge is 0.381 e. The van der Waals surface area contributed by atoms with E-state index >= 15 is 0 Å². The lowest BCUT2D eigenvalue weighted by atomic mass is 9.68. The minimum Gasteiger partial charge on any atom is -0.381 e. The zero-order chi connectivity index (χ0) is 9.65. The van der Waals surface area contributed by atoms with Crippen LogP contribution in [-0.4, -0.2) is 19.1 Å². The fraction of sp³-hybridized carbons (Fsp3) is 1.00. The summed E-state index contributed by atoms with van der Waals surface area (Å²) in [6.45, 7) is 1.99. The van der Waals surface area contributed by atoms with Gasteiger partial charge in [0.15, 0.2) is 0 Å². The van der Waals surface area contributed by atoms with Crippen LogP contribution in [0.1, 0.15) is 38.5 Å². The first-order valence-corrected chi connectivity index (χ1v) is 6.50. The normalized spacial score (nSPS) is 44.8. The van der Waals surface area contributed by atoms with E-state index in [9.17, 15) is 0 Å². The Bertz CT molecular complexity index is 234. The van der Waals surface area contributed by atoms with Crippen LogP contribution in [0.2, 0.25) is 0 Å². The SMILES string of the molecule is ClCC1CC12CCCC21CCOCC1. The van der Waals surface area contributed by atoms with Crippen LogP contribution < -0.4 is 0 Å². The van der Waals surface area contributed by atoms with Gasteiger partial charge in [-0.1, -0.05) is 6.42 Å². The van der Waals surface area contributed by atoms with Gasteiger partial charge in [0.1, 0.15) is 0 Å². The first-order valence-electron chi connectivity index (χ1n) is 5.97. The number of ether oxygens (including phenoxy) is 1. The molecule has 0 aromatic heterocycles. The first kappa shape index (κ1) is 9.47. The molecule has 0 aromatic carbocycles. The zero-order valence-electron chi connectivity index (χ0n) is 8.73. The smallest absolute Gasteiger partial charge is 0.0471 e. The lowest BCUT2D eigenvalue weighted by molar-refractivity contribution is -0.0175. The summed E-state index contributed by atoms with van der Waals surface area (Å²) in [6, 6.07) is 0. The van der Waals surface area contributed by atoms with Gasteiger partial charge >= 0.3 is 0 Å². The highest BCUT2D eigenvalue weighted by molar-refractivity contribution is 6.18. The first-order chi connectivity index (χ1) is 6.83. The van der Waals surface area contributed by atoms with E-state index < -0.39 is 0 Å². The maximum atomic E-state index is 6.04. The molecule has 0 aromatic rings. The van der Waals surface area contributed by atoms with Crippen molar-refractivity contribution < 1.29 is 4.74 Å². The molecule has 2 heteroatoms. The van der Waals surface area contributed by atoms with Gasteiger partial charge in [-0.15, -0.1) is 11.6 Å². The third-order valence-electron chi connectivity index (χ3n) is 5.20. The van der Waals surface area contributed by atoms with Gasteiger partial charge in [0.25, 0.3) is 0 Å². The van der Waals surface area contributed by atoms with E-state index in [0.29, 0.717) is 10.8 Å². The van der Waals surface area contributed by atoms with E-state index in [2.05, 4.69) is 0 Å². The molecule has 2 unspecified atom stereocenters. The van der Waals surface area contributed by atoms with Crippen LogP contribution in [0.25, 0.3) is 0 Å². The Morgan fingerprint density at radius 2 is 1.93 bits per heavy atom. The van der Waals surface area contributed by atoms with E-state index in [-0.39, 0.29) is 0 Å². The molecule has 3 fully saturated rings. The van der Waals surface area contributed by atoms with Gasteiger partial charge < -0.3 is 4.74 Å². The minimum atomic E-state index is 0.644. The summed E-state index contributed by atoms with van der Waals surface area (Å²) in [5, 5.41) is 0. The molecular weight excluding hydrogens is 196 g/mol. The van der Waals surface area contributed by atoms with Crippen molar-refractivity contribution in [2.24, 2.45) is 16.7 Å². The van der Waals surface area contributed by atoms with Gasteiger partial charge in [-0.3, -0.25) is 0 Å². The van der Waals surface area contributed by atoms with Gasteiger partial charge in [0.05, 0.1) is 0 Å². The molecule has 3 rings (SSSR count). The number of halogens is 1. The van der Waals surface area contributed by atoms with Gasteiger partial charge in [-0.05, 0) is 48.9 Å². The number of rotatable bonds is 1. The van der Waals surface area contributed by atoms with Crippen LogP contribution in [0.15, 0.2) is 0 Å².